The van der Waals surface area contributed by atoms with Gasteiger partial charge in [-0.15, -0.1) is 0 Å². The second-order valence-electron chi connectivity index (χ2n) is 8.33. The highest BCUT2D eigenvalue weighted by atomic mass is 19.1. The number of halogens is 1. The van der Waals surface area contributed by atoms with Crippen molar-refractivity contribution in [2.75, 3.05) is 0 Å². The van der Waals surface area contributed by atoms with E-state index in [1.54, 1.807) is 24.0 Å². The van der Waals surface area contributed by atoms with Gasteiger partial charge < -0.3 is 10.2 Å². The number of carbonyl (C=O) groups is 2. The molecule has 0 spiro atoms. The molecule has 1 unspecified atom stereocenters. The summed E-state index contributed by atoms with van der Waals surface area (Å²) < 4.78 is 13.3. The lowest BCUT2D eigenvalue weighted by atomic mass is 9.95. The molecule has 4 nitrogen and oxygen atoms in total. The third-order valence-electron chi connectivity index (χ3n) is 5.82. The van der Waals surface area contributed by atoms with Crippen LogP contribution in [0, 0.1) is 12.7 Å². The number of hydrogen-bond acceptors (Lipinski definition) is 2. The van der Waals surface area contributed by atoms with Gasteiger partial charge in [0.05, 0.1) is 6.42 Å². The van der Waals surface area contributed by atoms with Crippen LogP contribution in [-0.2, 0) is 22.6 Å². The number of aryl methyl sites for hydroxylation is 1. The molecule has 2 aromatic rings. The van der Waals surface area contributed by atoms with Gasteiger partial charge in [0.15, 0.2) is 0 Å². The summed E-state index contributed by atoms with van der Waals surface area (Å²) in [5, 5.41) is 3.13. The molecule has 0 aliphatic heterocycles. The number of rotatable bonds is 7. The van der Waals surface area contributed by atoms with Gasteiger partial charge in [0.1, 0.15) is 11.9 Å². The molecule has 0 saturated heterocycles. The van der Waals surface area contributed by atoms with Gasteiger partial charge in [-0.1, -0.05) is 61.2 Å². The molecule has 3 rings (SSSR count). The first-order valence-corrected chi connectivity index (χ1v) is 10.8. The molecule has 1 aliphatic rings. The van der Waals surface area contributed by atoms with Gasteiger partial charge in [0.2, 0.25) is 11.8 Å². The number of nitrogens with zero attached hydrogens (tertiary/aromatic N) is 1. The van der Waals surface area contributed by atoms with Gasteiger partial charge in [-0.2, -0.15) is 0 Å². The van der Waals surface area contributed by atoms with Crippen LogP contribution >= 0.6 is 0 Å². The molecule has 160 valence electrons. The predicted octanol–water partition coefficient (Wildman–Crippen LogP) is 4.54. The van der Waals surface area contributed by atoms with Crippen LogP contribution in [0.2, 0.25) is 0 Å². The zero-order chi connectivity index (χ0) is 21.5. The lowest BCUT2D eigenvalue weighted by Crippen LogP contribution is -2.50. The minimum Gasteiger partial charge on any atom is -0.352 e. The van der Waals surface area contributed by atoms with Crippen LogP contribution < -0.4 is 5.32 Å². The Hall–Kier alpha value is -2.69. The van der Waals surface area contributed by atoms with Crippen molar-refractivity contribution >= 4 is 11.8 Å². The number of nitrogens with one attached hydrogen (secondary N) is 1. The van der Waals surface area contributed by atoms with Crippen molar-refractivity contribution in [1.29, 1.82) is 0 Å². The number of benzene rings is 2. The molecule has 0 radical (unpaired) electrons. The summed E-state index contributed by atoms with van der Waals surface area (Å²) in [4.78, 5) is 27.8. The number of carbonyl (C=O) groups excluding carboxylic acids is 2. The van der Waals surface area contributed by atoms with E-state index in [4.69, 9.17) is 0 Å². The molecular weight excluding hydrogens is 379 g/mol. The van der Waals surface area contributed by atoms with E-state index in [1.807, 2.05) is 31.2 Å². The van der Waals surface area contributed by atoms with Crippen LogP contribution in [0.3, 0.4) is 0 Å². The highest BCUT2D eigenvalue weighted by Crippen LogP contribution is 2.19. The highest BCUT2D eigenvalue weighted by molar-refractivity contribution is 5.88. The van der Waals surface area contributed by atoms with E-state index in [9.17, 15) is 14.0 Å². The van der Waals surface area contributed by atoms with E-state index in [-0.39, 0.29) is 36.6 Å². The molecular formula is C25H31FN2O2. The highest BCUT2D eigenvalue weighted by Gasteiger charge is 2.28. The molecule has 0 heterocycles. The van der Waals surface area contributed by atoms with Crippen LogP contribution in [0.5, 0.6) is 0 Å². The third-order valence-corrected chi connectivity index (χ3v) is 5.82. The minimum atomic E-state index is -0.603. The van der Waals surface area contributed by atoms with E-state index >= 15 is 0 Å². The van der Waals surface area contributed by atoms with Crippen molar-refractivity contribution in [3.05, 3.63) is 71.0 Å². The molecule has 2 aromatic carbocycles. The van der Waals surface area contributed by atoms with Crippen molar-refractivity contribution in [3.63, 3.8) is 0 Å². The Morgan fingerprint density at radius 1 is 1.07 bits per heavy atom. The fourth-order valence-corrected chi connectivity index (χ4v) is 4.04. The summed E-state index contributed by atoms with van der Waals surface area (Å²) in [5.74, 6) is -0.558. The van der Waals surface area contributed by atoms with Gasteiger partial charge in [0.25, 0.3) is 0 Å². The van der Waals surface area contributed by atoms with Crippen molar-refractivity contribution < 1.29 is 14.0 Å². The Labute approximate surface area is 178 Å². The molecule has 1 saturated carbocycles. The Bertz CT molecular complexity index is 860. The van der Waals surface area contributed by atoms with Gasteiger partial charge >= 0.3 is 0 Å². The molecule has 1 fully saturated rings. The summed E-state index contributed by atoms with van der Waals surface area (Å²) >= 11 is 0. The minimum absolute atomic E-state index is 0.115. The molecule has 1 atom stereocenters. The van der Waals surface area contributed by atoms with E-state index in [0.29, 0.717) is 0 Å². The Morgan fingerprint density at radius 3 is 2.43 bits per heavy atom. The first-order chi connectivity index (χ1) is 14.4. The smallest absolute Gasteiger partial charge is 0.242 e. The normalized spacial score (nSPS) is 15.4. The summed E-state index contributed by atoms with van der Waals surface area (Å²) in [6, 6.07) is 13.5. The van der Waals surface area contributed by atoms with Crippen LogP contribution in [0.1, 0.15) is 55.7 Å². The van der Waals surface area contributed by atoms with Crippen LogP contribution in [0.25, 0.3) is 0 Å². The topological polar surface area (TPSA) is 49.4 Å². The first-order valence-electron chi connectivity index (χ1n) is 10.8. The molecule has 1 N–H and O–H groups in total. The van der Waals surface area contributed by atoms with E-state index in [2.05, 4.69) is 5.32 Å². The van der Waals surface area contributed by atoms with Crippen molar-refractivity contribution in [2.24, 2.45) is 0 Å². The third kappa shape index (κ3) is 6.15. The first kappa shape index (κ1) is 22.0. The van der Waals surface area contributed by atoms with Gasteiger partial charge in [-0.25, -0.2) is 4.39 Å². The van der Waals surface area contributed by atoms with Gasteiger partial charge in [-0.05, 0) is 49.9 Å². The average Bonchev–Trinajstić information content (AvgIpc) is 2.73. The maximum Gasteiger partial charge on any atom is 0.242 e. The van der Waals surface area contributed by atoms with Gasteiger partial charge in [0, 0.05) is 12.6 Å². The quantitative estimate of drug-likeness (QED) is 0.728. The zero-order valence-corrected chi connectivity index (χ0v) is 17.9. The molecule has 2 amide bonds. The molecule has 0 aromatic heterocycles. The molecule has 1 aliphatic carbocycles. The SMILES string of the molecule is Cc1cccc(CC(=O)N(Cc2ccc(F)cc2)C(C)C(=O)NC2CCCCC2)c1. The second kappa shape index (κ2) is 10.4. The fraction of sp³-hybridized carbons (Fsp3) is 0.440. The zero-order valence-electron chi connectivity index (χ0n) is 17.9. The summed E-state index contributed by atoms with van der Waals surface area (Å²) in [6.45, 7) is 4.03. The summed E-state index contributed by atoms with van der Waals surface area (Å²) in [7, 11) is 0. The molecule has 30 heavy (non-hydrogen) atoms. The molecule has 0 bridgehead atoms. The summed E-state index contributed by atoms with van der Waals surface area (Å²) in [5.41, 5.74) is 2.81. The van der Waals surface area contributed by atoms with E-state index in [0.717, 1.165) is 42.4 Å². The standard InChI is InChI=1S/C25H31FN2O2/c1-18-7-6-8-21(15-18)16-24(29)28(17-20-11-13-22(26)14-12-20)19(2)25(30)27-23-9-4-3-5-10-23/h6-8,11-15,19,23H,3-5,9-10,16-17H2,1-2H3,(H,27,30). The van der Waals surface area contributed by atoms with Crippen molar-refractivity contribution in [3.8, 4) is 0 Å². The van der Waals surface area contributed by atoms with Gasteiger partial charge in [-0.3, -0.25) is 9.59 Å². The monoisotopic (exact) mass is 410 g/mol. The second-order valence-corrected chi connectivity index (χ2v) is 8.33. The van der Waals surface area contributed by atoms with E-state index in [1.165, 1.54) is 18.6 Å². The Balaban J connectivity index is 1.75. The van der Waals surface area contributed by atoms with E-state index < -0.39 is 6.04 Å². The largest absolute Gasteiger partial charge is 0.352 e. The Morgan fingerprint density at radius 2 is 1.77 bits per heavy atom. The lowest BCUT2D eigenvalue weighted by molar-refractivity contribution is -0.140. The van der Waals surface area contributed by atoms with Crippen LogP contribution in [0.15, 0.2) is 48.5 Å². The summed E-state index contributed by atoms with van der Waals surface area (Å²) in [6.07, 6.45) is 5.69. The maximum atomic E-state index is 13.3. The number of hydrogen-bond donors (Lipinski definition) is 1. The average molecular weight is 411 g/mol. The Kier molecular flexibility index (Phi) is 7.61. The number of amides is 2. The lowest BCUT2D eigenvalue weighted by Gasteiger charge is -2.31. The van der Waals surface area contributed by atoms with Crippen LogP contribution in [0.4, 0.5) is 4.39 Å². The molecule has 5 heteroatoms. The van der Waals surface area contributed by atoms with Crippen molar-refractivity contribution in [1.82, 2.24) is 10.2 Å². The fourth-order valence-electron chi connectivity index (χ4n) is 4.04. The maximum absolute atomic E-state index is 13.3. The predicted molar refractivity (Wildman–Crippen MR) is 116 cm³/mol. The van der Waals surface area contributed by atoms with Crippen molar-refractivity contribution in [2.45, 2.75) is 71.0 Å². The van der Waals surface area contributed by atoms with Crippen LogP contribution in [-0.4, -0.2) is 28.8 Å².